The fourth-order valence-corrected chi connectivity index (χ4v) is 10.7. The van der Waals surface area contributed by atoms with Crippen molar-refractivity contribution in [2.75, 3.05) is 0 Å². The molecule has 0 aromatic rings. The summed E-state index contributed by atoms with van der Waals surface area (Å²) in [5, 5.41) is 0. The number of allylic oxidation sites excluding steroid dienone is 1. The monoisotopic (exact) mass is 392 g/mol. The first-order chi connectivity index (χ1) is 13.8. The Kier molecular flexibility index (Phi) is 2.52. The van der Waals surface area contributed by atoms with Gasteiger partial charge in [-0.15, -0.1) is 0 Å². The third-order valence-corrected chi connectivity index (χ3v) is 12.0. The molecule has 10 atom stereocenters. The molecule has 29 heavy (non-hydrogen) atoms. The average Bonchev–Trinajstić information content (AvgIpc) is 3.58. The van der Waals surface area contributed by atoms with E-state index < -0.39 is 0 Å². The Morgan fingerprint density at radius 3 is 2.55 bits per heavy atom. The van der Waals surface area contributed by atoms with Crippen molar-refractivity contribution in [2.45, 2.75) is 77.2 Å². The first kappa shape index (κ1) is 16.6. The van der Waals surface area contributed by atoms with Crippen molar-refractivity contribution in [1.82, 2.24) is 0 Å². The van der Waals surface area contributed by atoms with Crippen LogP contribution in [0.2, 0.25) is 0 Å². The van der Waals surface area contributed by atoms with Gasteiger partial charge in [-0.3, -0.25) is 9.59 Å². The largest absolute Gasteiger partial charge is 0.458 e. The fourth-order valence-electron chi connectivity index (χ4n) is 10.7. The average molecular weight is 393 g/mol. The molecule has 154 valence electrons. The van der Waals surface area contributed by atoms with Crippen molar-refractivity contribution in [1.29, 1.82) is 0 Å². The molecule has 3 nitrogen and oxygen atoms in total. The molecular weight excluding hydrogens is 360 g/mol. The number of esters is 1. The highest BCUT2D eigenvalue weighted by atomic mass is 16.6. The summed E-state index contributed by atoms with van der Waals surface area (Å²) < 4.78 is 6.26. The van der Waals surface area contributed by atoms with Crippen LogP contribution in [0.3, 0.4) is 0 Å². The molecule has 0 aromatic heterocycles. The number of fused-ring (bicyclic) bond motifs is 12. The molecule has 4 unspecified atom stereocenters. The molecule has 7 aliphatic carbocycles. The van der Waals surface area contributed by atoms with Crippen LogP contribution in [0, 0.1) is 57.7 Å². The van der Waals surface area contributed by atoms with E-state index in [-0.39, 0.29) is 27.8 Å². The van der Waals surface area contributed by atoms with Crippen molar-refractivity contribution in [2.24, 2.45) is 57.7 Å². The van der Waals surface area contributed by atoms with Gasteiger partial charge in [-0.25, -0.2) is 0 Å². The first-order valence-electron chi connectivity index (χ1n) is 12.3. The Labute approximate surface area is 173 Å². The predicted molar refractivity (Wildman–Crippen MR) is 107 cm³/mol. The Bertz CT molecular complexity index is 928. The number of carbonyl (C=O) groups is 2. The Hall–Kier alpha value is -1.12. The van der Waals surface area contributed by atoms with E-state index >= 15 is 0 Å². The van der Waals surface area contributed by atoms with Gasteiger partial charge in [-0.2, -0.15) is 0 Å². The Morgan fingerprint density at radius 1 is 1.00 bits per heavy atom. The third kappa shape index (κ3) is 1.60. The molecule has 3 heteroatoms. The maximum absolute atomic E-state index is 12.9. The number of ketones is 1. The van der Waals surface area contributed by atoms with Crippen LogP contribution in [0.1, 0.15) is 71.6 Å². The zero-order valence-electron chi connectivity index (χ0n) is 17.7. The van der Waals surface area contributed by atoms with Gasteiger partial charge in [0, 0.05) is 23.2 Å². The van der Waals surface area contributed by atoms with Gasteiger partial charge < -0.3 is 4.74 Å². The molecule has 0 bridgehead atoms. The van der Waals surface area contributed by atoms with Gasteiger partial charge in [-0.05, 0) is 98.4 Å². The number of carbonyl (C=O) groups excluding carboxylic acids is 2. The van der Waals surface area contributed by atoms with Crippen molar-refractivity contribution < 1.29 is 14.3 Å². The lowest BCUT2D eigenvalue weighted by atomic mass is 9.44. The second-order valence-electron chi connectivity index (χ2n) is 12.9. The lowest BCUT2D eigenvalue weighted by Gasteiger charge is -2.60. The van der Waals surface area contributed by atoms with Crippen LogP contribution >= 0.6 is 0 Å². The smallest absolute Gasteiger partial charge is 0.306 e. The summed E-state index contributed by atoms with van der Waals surface area (Å²) in [6.07, 6.45) is 12.3. The fraction of sp³-hybridized carbons (Fsp3) is 0.846. The Morgan fingerprint density at radius 2 is 1.83 bits per heavy atom. The topological polar surface area (TPSA) is 43.4 Å². The predicted octanol–water partition coefficient (Wildman–Crippen LogP) is 4.70. The zero-order chi connectivity index (χ0) is 19.6. The van der Waals surface area contributed by atoms with Gasteiger partial charge in [-0.1, -0.05) is 19.4 Å². The Balaban J connectivity index is 1.24. The van der Waals surface area contributed by atoms with Crippen LogP contribution in [0.4, 0.5) is 0 Å². The quantitative estimate of drug-likeness (QED) is 0.562. The van der Waals surface area contributed by atoms with Crippen molar-refractivity contribution in [3.63, 3.8) is 0 Å². The standard InChI is InChI=1S/C26H32O3/c1-23-12-25(7-8-25)19(27)11-17(23)13-9-14(13)21-16(23)3-5-24(2)22(21)15-10-18(15)26(24)6-4-20(28)29-26/h11,13-16,18,21-22H,3-10,12H2,1-2H3/t13-,14+,15-,16?,18+,21?,22?,23-,24+,26?/m1/s1. The van der Waals surface area contributed by atoms with Crippen molar-refractivity contribution >= 4 is 11.8 Å². The van der Waals surface area contributed by atoms with E-state index in [1.807, 2.05) is 0 Å². The third-order valence-electron chi connectivity index (χ3n) is 12.0. The maximum atomic E-state index is 12.9. The van der Waals surface area contributed by atoms with Gasteiger partial charge >= 0.3 is 5.97 Å². The lowest BCUT2D eigenvalue weighted by molar-refractivity contribution is -0.178. The summed E-state index contributed by atoms with van der Waals surface area (Å²) in [7, 11) is 0. The van der Waals surface area contributed by atoms with E-state index in [2.05, 4.69) is 19.9 Å². The molecule has 6 saturated carbocycles. The van der Waals surface area contributed by atoms with Crippen LogP contribution in [0.5, 0.6) is 0 Å². The molecule has 0 amide bonds. The highest BCUT2D eigenvalue weighted by Gasteiger charge is 2.81. The first-order valence-corrected chi connectivity index (χ1v) is 12.3. The van der Waals surface area contributed by atoms with Crippen LogP contribution in [0.25, 0.3) is 0 Å². The van der Waals surface area contributed by atoms with E-state index in [1.165, 1.54) is 25.7 Å². The highest BCUT2D eigenvalue weighted by molar-refractivity contribution is 5.99. The SMILES string of the molecule is C[C@]12CC3(CC3)C(=O)C=C1[C@@H]1C[C@@H]1C1C2CC[C@@]2(C)C1[C@@H]1C[C@@H]1C21CCC(=O)O1. The van der Waals surface area contributed by atoms with Crippen molar-refractivity contribution in [3.05, 3.63) is 11.6 Å². The molecule has 8 aliphatic rings. The zero-order valence-corrected chi connectivity index (χ0v) is 17.7. The summed E-state index contributed by atoms with van der Waals surface area (Å²) >= 11 is 0. The summed E-state index contributed by atoms with van der Waals surface area (Å²) in [5.41, 5.74) is 1.89. The van der Waals surface area contributed by atoms with Gasteiger partial charge in [0.05, 0.1) is 0 Å². The minimum absolute atomic E-state index is 0.0191. The summed E-state index contributed by atoms with van der Waals surface area (Å²) in [6, 6.07) is 0. The molecular formula is C26H32O3. The summed E-state index contributed by atoms with van der Waals surface area (Å²) in [5.74, 6) is 5.76. The van der Waals surface area contributed by atoms with Gasteiger partial charge in [0.15, 0.2) is 5.78 Å². The number of hydrogen-bond donors (Lipinski definition) is 0. The van der Waals surface area contributed by atoms with Crippen LogP contribution in [-0.2, 0) is 14.3 Å². The molecule has 8 rings (SSSR count). The molecule has 1 saturated heterocycles. The molecule has 0 N–H and O–H groups in total. The molecule has 1 aliphatic heterocycles. The number of hydrogen-bond acceptors (Lipinski definition) is 3. The second kappa shape index (κ2) is 4.41. The van der Waals surface area contributed by atoms with E-state index in [0.29, 0.717) is 24.0 Å². The minimum atomic E-state index is -0.133. The second-order valence-corrected chi connectivity index (χ2v) is 12.9. The summed E-state index contributed by atoms with van der Waals surface area (Å²) in [4.78, 5) is 25.1. The highest BCUT2D eigenvalue weighted by Crippen LogP contribution is 2.83. The van der Waals surface area contributed by atoms with Gasteiger partial charge in [0.1, 0.15) is 5.60 Å². The normalized spacial score (nSPS) is 61.9. The van der Waals surface area contributed by atoms with Gasteiger partial charge in [0.2, 0.25) is 0 Å². The van der Waals surface area contributed by atoms with Crippen LogP contribution in [-0.4, -0.2) is 17.4 Å². The maximum Gasteiger partial charge on any atom is 0.306 e. The number of rotatable bonds is 0. The van der Waals surface area contributed by atoms with E-state index in [1.54, 1.807) is 5.57 Å². The minimum Gasteiger partial charge on any atom is -0.458 e. The van der Waals surface area contributed by atoms with Crippen LogP contribution < -0.4 is 0 Å². The molecule has 2 spiro atoms. The molecule has 1 heterocycles. The molecule has 7 fully saturated rings. The van der Waals surface area contributed by atoms with Gasteiger partial charge in [0.25, 0.3) is 0 Å². The van der Waals surface area contributed by atoms with E-state index in [0.717, 1.165) is 55.3 Å². The van der Waals surface area contributed by atoms with Crippen LogP contribution in [0.15, 0.2) is 11.6 Å². The molecule has 0 radical (unpaired) electrons. The molecule has 0 aromatic carbocycles. The number of ether oxygens (including phenoxy) is 1. The lowest BCUT2D eigenvalue weighted by Crippen LogP contribution is -2.58. The van der Waals surface area contributed by atoms with Crippen molar-refractivity contribution in [3.8, 4) is 0 Å². The van der Waals surface area contributed by atoms with E-state index in [9.17, 15) is 9.59 Å². The van der Waals surface area contributed by atoms with E-state index in [4.69, 9.17) is 4.74 Å². The summed E-state index contributed by atoms with van der Waals surface area (Å²) in [6.45, 7) is 5.06.